The molecule has 1 heterocycles. The summed E-state index contributed by atoms with van der Waals surface area (Å²) in [6.45, 7) is 1.42. The lowest BCUT2D eigenvalue weighted by molar-refractivity contribution is -0.191. The molecule has 5 rings (SSSR count). The van der Waals surface area contributed by atoms with Crippen LogP contribution in [-0.2, 0) is 19.5 Å². The number of halogens is 1. The zero-order valence-electron chi connectivity index (χ0n) is 18.5. The standard InChI is InChI=1S/C24H23ClN2O6S/c1-31-23(28)15-4-5-18(14-2-3-14)22(7-15)34(29,30)27-20-6-16(11-26)19(25)8-21(20)33-17-9-24(10-17)12-32-13-24/h4-8,14,17,27H,2-3,9-10,12-13H2,1H3. The molecule has 0 aromatic heterocycles. The van der Waals surface area contributed by atoms with E-state index in [1.807, 2.05) is 6.07 Å². The van der Waals surface area contributed by atoms with Gasteiger partial charge < -0.3 is 14.2 Å². The molecule has 2 aliphatic carbocycles. The summed E-state index contributed by atoms with van der Waals surface area (Å²) in [5.41, 5.74) is 1.18. The average Bonchev–Trinajstić information content (AvgIpc) is 3.60. The topological polar surface area (TPSA) is 115 Å². The van der Waals surface area contributed by atoms with Crippen molar-refractivity contribution < 1.29 is 27.4 Å². The third-order valence-electron chi connectivity index (χ3n) is 6.61. The van der Waals surface area contributed by atoms with E-state index in [0.29, 0.717) is 18.8 Å². The van der Waals surface area contributed by atoms with Gasteiger partial charge in [0.2, 0.25) is 0 Å². The van der Waals surface area contributed by atoms with Crippen LogP contribution in [0.2, 0.25) is 5.02 Å². The van der Waals surface area contributed by atoms with Gasteiger partial charge in [0.15, 0.2) is 0 Å². The van der Waals surface area contributed by atoms with Crippen LogP contribution in [0.5, 0.6) is 5.75 Å². The van der Waals surface area contributed by atoms with Crippen LogP contribution in [0.25, 0.3) is 0 Å². The van der Waals surface area contributed by atoms with Crippen LogP contribution in [0, 0.1) is 16.7 Å². The molecule has 2 aromatic rings. The first-order chi connectivity index (χ1) is 16.2. The van der Waals surface area contributed by atoms with Crippen LogP contribution in [0.15, 0.2) is 35.2 Å². The number of hydrogen-bond donors (Lipinski definition) is 1. The average molecular weight is 503 g/mol. The van der Waals surface area contributed by atoms with E-state index in [-0.39, 0.29) is 49.9 Å². The zero-order chi connectivity index (χ0) is 24.1. The number of carbonyl (C=O) groups is 1. The van der Waals surface area contributed by atoms with Crippen LogP contribution in [-0.4, -0.2) is 40.8 Å². The fraction of sp³-hybridized carbons (Fsp3) is 0.417. The highest BCUT2D eigenvalue weighted by atomic mass is 35.5. The van der Waals surface area contributed by atoms with Gasteiger partial charge in [0.25, 0.3) is 10.0 Å². The zero-order valence-corrected chi connectivity index (χ0v) is 20.0. The highest BCUT2D eigenvalue weighted by Gasteiger charge is 2.51. The van der Waals surface area contributed by atoms with Gasteiger partial charge in [0.1, 0.15) is 17.9 Å². The van der Waals surface area contributed by atoms with Crippen molar-refractivity contribution in [3.63, 3.8) is 0 Å². The molecule has 1 saturated heterocycles. The fourth-order valence-electron chi connectivity index (χ4n) is 4.56. The van der Waals surface area contributed by atoms with E-state index in [9.17, 15) is 18.5 Å². The minimum absolute atomic E-state index is 0.00604. The highest BCUT2D eigenvalue weighted by molar-refractivity contribution is 7.92. The molecule has 3 aliphatic rings. The van der Waals surface area contributed by atoms with Gasteiger partial charge in [0.05, 0.1) is 47.1 Å². The van der Waals surface area contributed by atoms with Crippen LogP contribution < -0.4 is 9.46 Å². The molecule has 3 fully saturated rings. The maximum Gasteiger partial charge on any atom is 0.337 e. The van der Waals surface area contributed by atoms with E-state index in [4.69, 9.17) is 25.8 Å². The number of sulfonamides is 1. The summed E-state index contributed by atoms with van der Waals surface area (Å²) in [7, 11) is -2.88. The Hall–Kier alpha value is -2.80. The van der Waals surface area contributed by atoms with E-state index in [2.05, 4.69) is 4.72 Å². The Morgan fingerprint density at radius 1 is 1.24 bits per heavy atom. The second kappa shape index (κ2) is 8.45. The Morgan fingerprint density at radius 3 is 2.56 bits per heavy atom. The Bertz CT molecular complexity index is 1300. The number of ether oxygens (including phenoxy) is 3. The van der Waals surface area contributed by atoms with E-state index in [1.165, 1.54) is 25.3 Å². The van der Waals surface area contributed by atoms with Gasteiger partial charge in [-0.1, -0.05) is 17.7 Å². The first-order valence-electron chi connectivity index (χ1n) is 11.0. The number of carbonyl (C=O) groups excluding carboxylic acids is 1. The number of nitrogens with one attached hydrogen (secondary N) is 1. The number of hydrogen-bond acceptors (Lipinski definition) is 7. The number of esters is 1. The van der Waals surface area contributed by atoms with Crippen molar-refractivity contribution in [3.05, 3.63) is 52.0 Å². The second-order valence-corrected chi connectivity index (χ2v) is 11.3. The third kappa shape index (κ3) is 4.22. The number of benzene rings is 2. The lowest BCUT2D eigenvalue weighted by atomic mass is 9.65. The number of nitrogens with zero attached hydrogens (tertiary/aromatic N) is 1. The fourth-order valence-corrected chi connectivity index (χ4v) is 6.14. The van der Waals surface area contributed by atoms with Crippen molar-refractivity contribution >= 4 is 33.3 Å². The predicted molar refractivity (Wildman–Crippen MR) is 124 cm³/mol. The second-order valence-electron chi connectivity index (χ2n) is 9.20. The third-order valence-corrected chi connectivity index (χ3v) is 8.34. The number of rotatable bonds is 7. The Balaban J connectivity index is 1.48. The van der Waals surface area contributed by atoms with Crippen LogP contribution >= 0.6 is 11.6 Å². The van der Waals surface area contributed by atoms with Crippen molar-refractivity contribution in [2.75, 3.05) is 25.0 Å². The Morgan fingerprint density at radius 2 is 1.97 bits per heavy atom. The summed E-state index contributed by atoms with van der Waals surface area (Å²) >= 11 is 6.22. The molecule has 1 aliphatic heterocycles. The summed E-state index contributed by atoms with van der Waals surface area (Å²) in [5, 5.41) is 9.60. The van der Waals surface area contributed by atoms with E-state index in [1.54, 1.807) is 12.1 Å². The number of nitriles is 1. The van der Waals surface area contributed by atoms with E-state index < -0.39 is 16.0 Å². The molecule has 10 heteroatoms. The lowest BCUT2D eigenvalue weighted by Crippen LogP contribution is -2.56. The molecule has 178 valence electrons. The van der Waals surface area contributed by atoms with E-state index in [0.717, 1.165) is 25.7 Å². The van der Waals surface area contributed by atoms with Gasteiger partial charge in [-0.25, -0.2) is 13.2 Å². The summed E-state index contributed by atoms with van der Waals surface area (Å²) in [4.78, 5) is 12.1. The quantitative estimate of drug-likeness (QED) is 0.563. The molecule has 2 aromatic carbocycles. The van der Waals surface area contributed by atoms with Crippen molar-refractivity contribution in [3.8, 4) is 11.8 Å². The summed E-state index contributed by atoms with van der Waals surface area (Å²) in [6, 6.07) is 9.37. The molecule has 0 unspecified atom stereocenters. The van der Waals surface area contributed by atoms with Crippen LogP contribution in [0.1, 0.15) is 53.1 Å². The monoisotopic (exact) mass is 502 g/mol. The maximum atomic E-state index is 13.5. The van der Waals surface area contributed by atoms with E-state index >= 15 is 0 Å². The Kier molecular flexibility index (Phi) is 5.71. The molecule has 34 heavy (non-hydrogen) atoms. The molecule has 0 bridgehead atoms. The van der Waals surface area contributed by atoms with Crippen molar-refractivity contribution in [1.82, 2.24) is 0 Å². The molecule has 0 amide bonds. The molecule has 0 atom stereocenters. The molecule has 0 radical (unpaired) electrons. The minimum atomic E-state index is -4.12. The first-order valence-corrected chi connectivity index (χ1v) is 12.8. The summed E-state index contributed by atoms with van der Waals surface area (Å²) < 4.78 is 45.8. The van der Waals surface area contributed by atoms with Crippen LogP contribution in [0.3, 0.4) is 0 Å². The van der Waals surface area contributed by atoms with Gasteiger partial charge >= 0.3 is 5.97 Å². The first kappa shape index (κ1) is 23.0. The van der Waals surface area contributed by atoms with Gasteiger partial charge in [-0.05, 0) is 55.4 Å². The predicted octanol–water partition coefficient (Wildman–Crippen LogP) is 4.23. The smallest absolute Gasteiger partial charge is 0.337 e. The van der Waals surface area contributed by atoms with Crippen molar-refractivity contribution in [1.29, 1.82) is 5.26 Å². The van der Waals surface area contributed by atoms with Gasteiger partial charge in [-0.15, -0.1) is 0 Å². The van der Waals surface area contributed by atoms with Gasteiger partial charge in [-0.2, -0.15) is 5.26 Å². The highest BCUT2D eigenvalue weighted by Crippen LogP contribution is 2.49. The summed E-state index contributed by atoms with van der Waals surface area (Å²) in [6.07, 6.45) is 3.27. The number of anilines is 1. The minimum Gasteiger partial charge on any atom is -0.488 e. The molecule has 8 nitrogen and oxygen atoms in total. The Labute approximate surface area is 202 Å². The number of methoxy groups -OCH3 is 1. The molecule has 1 spiro atoms. The largest absolute Gasteiger partial charge is 0.488 e. The van der Waals surface area contributed by atoms with Gasteiger partial charge in [-0.3, -0.25) is 4.72 Å². The molecule has 1 N–H and O–H groups in total. The van der Waals surface area contributed by atoms with Gasteiger partial charge in [0, 0.05) is 11.5 Å². The molecular formula is C24H23ClN2O6S. The van der Waals surface area contributed by atoms with Crippen molar-refractivity contribution in [2.45, 2.75) is 42.6 Å². The normalized spacial score (nSPS) is 19.0. The summed E-state index contributed by atoms with van der Waals surface area (Å²) in [5.74, 6) is -0.255. The molecular weight excluding hydrogens is 480 g/mol. The maximum absolute atomic E-state index is 13.5. The lowest BCUT2D eigenvalue weighted by Gasteiger charge is -2.52. The van der Waals surface area contributed by atoms with Crippen LogP contribution in [0.4, 0.5) is 5.69 Å². The SMILES string of the molecule is COC(=O)c1ccc(C2CC2)c(S(=O)(=O)Nc2cc(C#N)c(Cl)cc2OC2CC3(COC3)C2)c1. The molecule has 2 saturated carbocycles. The van der Waals surface area contributed by atoms with Crippen molar-refractivity contribution in [2.24, 2.45) is 5.41 Å².